The average Bonchev–Trinajstić information content (AvgIpc) is 2.97. The number of urea groups is 1. The predicted molar refractivity (Wildman–Crippen MR) is 89.7 cm³/mol. The van der Waals surface area contributed by atoms with Gasteiger partial charge in [0, 0.05) is 12.6 Å². The molecule has 0 saturated carbocycles. The van der Waals surface area contributed by atoms with Crippen LogP contribution in [0.3, 0.4) is 0 Å². The molecule has 132 valence electrons. The number of carbonyl (C=O) groups is 3. The normalized spacial score (nSPS) is 11.5. The molecule has 2 rings (SSSR count). The molecule has 7 nitrogen and oxygen atoms in total. The fourth-order valence-electron chi connectivity index (χ4n) is 1.85. The maximum atomic E-state index is 13.0. The average molecular weight is 365 g/mol. The monoisotopic (exact) mass is 365 g/mol. The van der Waals surface area contributed by atoms with Crippen molar-refractivity contribution in [2.75, 3.05) is 7.05 Å². The molecule has 0 radical (unpaired) electrons. The summed E-state index contributed by atoms with van der Waals surface area (Å²) in [6.07, 6.45) is -1.15. The first-order chi connectivity index (χ1) is 11.8. The minimum Gasteiger partial charge on any atom is -0.448 e. The summed E-state index contributed by atoms with van der Waals surface area (Å²) in [7, 11) is 1.36. The van der Waals surface area contributed by atoms with Crippen LogP contribution in [-0.4, -0.2) is 36.0 Å². The van der Waals surface area contributed by atoms with Crippen LogP contribution in [0.25, 0.3) is 10.6 Å². The second-order valence-corrected chi connectivity index (χ2v) is 6.06. The van der Waals surface area contributed by atoms with Crippen LogP contribution in [-0.2, 0) is 9.53 Å². The number of benzene rings is 1. The highest BCUT2D eigenvalue weighted by Crippen LogP contribution is 2.28. The SMILES string of the molecule is CNC(=O)NC(=O)[C@@H](C)OC(=O)c1sc(-c2ccc(F)cc2)nc1C. The Labute approximate surface area is 147 Å². The number of ether oxygens (including phenoxy) is 1. The fraction of sp³-hybridized carbons (Fsp3) is 0.250. The first-order valence-corrected chi connectivity index (χ1v) is 8.10. The maximum absolute atomic E-state index is 13.0. The molecule has 1 aromatic heterocycles. The number of amides is 3. The van der Waals surface area contributed by atoms with Gasteiger partial charge in [-0.1, -0.05) is 0 Å². The van der Waals surface area contributed by atoms with Crippen molar-refractivity contribution < 1.29 is 23.5 Å². The zero-order valence-corrected chi connectivity index (χ0v) is 14.6. The number of nitrogens with one attached hydrogen (secondary N) is 2. The van der Waals surface area contributed by atoms with Gasteiger partial charge in [-0.3, -0.25) is 10.1 Å². The first-order valence-electron chi connectivity index (χ1n) is 7.28. The number of aromatic nitrogens is 1. The molecule has 25 heavy (non-hydrogen) atoms. The lowest BCUT2D eigenvalue weighted by molar-refractivity contribution is -0.127. The summed E-state index contributed by atoms with van der Waals surface area (Å²) < 4.78 is 18.1. The molecule has 1 aromatic carbocycles. The molecule has 0 unspecified atom stereocenters. The molecule has 0 fully saturated rings. The van der Waals surface area contributed by atoms with E-state index < -0.39 is 24.0 Å². The third-order valence-corrected chi connectivity index (χ3v) is 4.38. The second kappa shape index (κ2) is 7.84. The largest absolute Gasteiger partial charge is 0.448 e. The summed E-state index contributed by atoms with van der Waals surface area (Å²) >= 11 is 1.08. The molecule has 0 aliphatic rings. The van der Waals surface area contributed by atoms with Crippen molar-refractivity contribution >= 4 is 29.2 Å². The van der Waals surface area contributed by atoms with Gasteiger partial charge in [0.25, 0.3) is 5.91 Å². The Hall–Kier alpha value is -2.81. The van der Waals surface area contributed by atoms with Gasteiger partial charge in [0.2, 0.25) is 0 Å². The quantitative estimate of drug-likeness (QED) is 0.810. The van der Waals surface area contributed by atoms with E-state index in [9.17, 15) is 18.8 Å². The highest BCUT2D eigenvalue weighted by atomic mass is 32.1. The van der Waals surface area contributed by atoms with E-state index in [1.807, 2.05) is 5.32 Å². The second-order valence-electron chi connectivity index (χ2n) is 5.06. The smallest absolute Gasteiger partial charge is 0.351 e. The van der Waals surface area contributed by atoms with E-state index >= 15 is 0 Å². The van der Waals surface area contributed by atoms with E-state index in [0.29, 0.717) is 16.3 Å². The Kier molecular flexibility index (Phi) is 5.81. The van der Waals surface area contributed by atoms with Crippen LogP contribution >= 0.6 is 11.3 Å². The first kappa shape index (κ1) is 18.5. The van der Waals surface area contributed by atoms with Gasteiger partial charge in [-0.2, -0.15) is 0 Å². The van der Waals surface area contributed by atoms with Crippen molar-refractivity contribution in [3.05, 3.63) is 40.7 Å². The number of esters is 1. The van der Waals surface area contributed by atoms with Crippen molar-refractivity contribution in [2.45, 2.75) is 20.0 Å². The van der Waals surface area contributed by atoms with Crippen LogP contribution in [0.4, 0.5) is 9.18 Å². The Morgan fingerprint density at radius 2 is 1.88 bits per heavy atom. The van der Waals surface area contributed by atoms with Gasteiger partial charge in [-0.15, -0.1) is 11.3 Å². The minimum atomic E-state index is -1.15. The van der Waals surface area contributed by atoms with E-state index in [0.717, 1.165) is 11.3 Å². The van der Waals surface area contributed by atoms with Gasteiger partial charge in [0.05, 0.1) is 5.69 Å². The number of hydrogen-bond acceptors (Lipinski definition) is 6. The van der Waals surface area contributed by atoms with E-state index in [4.69, 9.17) is 4.74 Å². The molecule has 0 saturated heterocycles. The van der Waals surface area contributed by atoms with Crippen molar-refractivity contribution in [1.82, 2.24) is 15.6 Å². The van der Waals surface area contributed by atoms with Gasteiger partial charge in [0.1, 0.15) is 15.7 Å². The number of halogens is 1. The Morgan fingerprint density at radius 3 is 2.48 bits per heavy atom. The Balaban J connectivity index is 2.10. The zero-order valence-electron chi connectivity index (χ0n) is 13.8. The number of nitrogens with zero attached hydrogens (tertiary/aromatic N) is 1. The Bertz CT molecular complexity index is 804. The van der Waals surface area contributed by atoms with E-state index in [-0.39, 0.29) is 10.7 Å². The molecule has 0 bridgehead atoms. The summed E-state index contributed by atoms with van der Waals surface area (Å²) in [5.74, 6) is -1.83. The molecule has 2 aromatic rings. The highest BCUT2D eigenvalue weighted by Gasteiger charge is 2.24. The molecule has 0 aliphatic heterocycles. The van der Waals surface area contributed by atoms with Gasteiger partial charge in [-0.25, -0.2) is 19.0 Å². The molecule has 0 aliphatic carbocycles. The Morgan fingerprint density at radius 1 is 1.24 bits per heavy atom. The molecule has 1 heterocycles. The summed E-state index contributed by atoms with van der Waals surface area (Å²) in [5, 5.41) is 4.78. The van der Waals surface area contributed by atoms with Crippen LogP contribution in [0.5, 0.6) is 0 Å². The van der Waals surface area contributed by atoms with Crippen LogP contribution in [0.15, 0.2) is 24.3 Å². The minimum absolute atomic E-state index is 0.235. The number of rotatable bonds is 4. The van der Waals surface area contributed by atoms with E-state index in [1.165, 1.54) is 26.1 Å². The molecule has 0 spiro atoms. The van der Waals surface area contributed by atoms with Crippen molar-refractivity contribution in [3.8, 4) is 10.6 Å². The van der Waals surface area contributed by atoms with Crippen LogP contribution in [0, 0.1) is 12.7 Å². The van der Waals surface area contributed by atoms with Crippen molar-refractivity contribution in [2.24, 2.45) is 0 Å². The van der Waals surface area contributed by atoms with Gasteiger partial charge in [0.15, 0.2) is 6.10 Å². The summed E-state index contributed by atoms with van der Waals surface area (Å²) in [4.78, 5) is 39.6. The molecular formula is C16H16FN3O4S. The van der Waals surface area contributed by atoms with Crippen LogP contribution in [0.1, 0.15) is 22.3 Å². The highest BCUT2D eigenvalue weighted by molar-refractivity contribution is 7.17. The maximum Gasteiger partial charge on any atom is 0.351 e. The topological polar surface area (TPSA) is 97.4 Å². The van der Waals surface area contributed by atoms with Crippen molar-refractivity contribution in [3.63, 3.8) is 0 Å². The summed E-state index contributed by atoms with van der Waals surface area (Å²) in [5.41, 5.74) is 1.10. The zero-order chi connectivity index (χ0) is 18.6. The van der Waals surface area contributed by atoms with Crippen molar-refractivity contribution in [1.29, 1.82) is 0 Å². The lowest BCUT2D eigenvalue weighted by Gasteiger charge is -2.12. The number of thiazole rings is 1. The molecular weight excluding hydrogens is 349 g/mol. The van der Waals surface area contributed by atoms with Gasteiger partial charge in [-0.05, 0) is 38.1 Å². The number of carbonyl (C=O) groups excluding carboxylic acids is 3. The molecule has 9 heteroatoms. The third-order valence-electron chi connectivity index (χ3n) is 3.19. The van der Waals surface area contributed by atoms with Gasteiger partial charge >= 0.3 is 12.0 Å². The summed E-state index contributed by atoms with van der Waals surface area (Å²) in [6, 6.07) is 5.02. The molecule has 1 atom stereocenters. The van der Waals surface area contributed by atoms with Crippen LogP contribution in [0.2, 0.25) is 0 Å². The lowest BCUT2D eigenvalue weighted by Crippen LogP contribution is -2.43. The standard InChI is InChI=1S/C16H16FN3O4S/c1-8-12(15(22)24-9(2)13(21)20-16(23)18-3)25-14(19-8)10-4-6-11(17)7-5-10/h4-7,9H,1-3H3,(H2,18,20,21,23)/t9-/m1/s1. The van der Waals surface area contributed by atoms with E-state index in [2.05, 4.69) is 10.3 Å². The predicted octanol–water partition coefficient (Wildman–Crippen LogP) is 2.26. The third kappa shape index (κ3) is 4.60. The van der Waals surface area contributed by atoms with Gasteiger partial charge < -0.3 is 10.1 Å². The fourth-order valence-corrected chi connectivity index (χ4v) is 2.80. The molecule has 2 N–H and O–H groups in total. The van der Waals surface area contributed by atoms with Crippen LogP contribution < -0.4 is 10.6 Å². The number of imide groups is 1. The number of hydrogen-bond donors (Lipinski definition) is 2. The number of aryl methyl sites for hydroxylation is 1. The summed E-state index contributed by atoms with van der Waals surface area (Å²) in [6.45, 7) is 2.99. The lowest BCUT2D eigenvalue weighted by atomic mass is 10.2. The molecule has 3 amide bonds. The van der Waals surface area contributed by atoms with E-state index in [1.54, 1.807) is 19.1 Å².